The largest absolute Gasteiger partial charge is 0.266 e. The molecule has 0 atom stereocenters. The van der Waals surface area contributed by atoms with E-state index in [0.29, 0.717) is 5.02 Å². The highest BCUT2D eigenvalue weighted by Crippen LogP contribution is 2.27. The van der Waals surface area contributed by atoms with Crippen LogP contribution in [0.3, 0.4) is 0 Å². The van der Waals surface area contributed by atoms with Gasteiger partial charge < -0.3 is 0 Å². The van der Waals surface area contributed by atoms with Gasteiger partial charge >= 0.3 is 0 Å². The van der Waals surface area contributed by atoms with E-state index in [1.807, 2.05) is 25.2 Å². The number of benzene rings is 1. The maximum absolute atomic E-state index is 6.05. The monoisotopic (exact) mass is 318 g/mol. The molecule has 72 valence electrons. The van der Waals surface area contributed by atoms with Crippen LogP contribution in [-0.4, -0.2) is 9.78 Å². The lowest BCUT2D eigenvalue weighted by atomic mass is 10.1. The fraction of sp³-hybridized carbons (Fsp3) is 0.100. The molecule has 2 rings (SSSR count). The average Bonchev–Trinajstić information content (AvgIpc) is 2.46. The Labute approximate surface area is 101 Å². The van der Waals surface area contributed by atoms with Crippen LogP contribution in [0.15, 0.2) is 30.5 Å². The van der Waals surface area contributed by atoms with Crippen molar-refractivity contribution in [2.75, 3.05) is 0 Å². The van der Waals surface area contributed by atoms with Gasteiger partial charge in [-0.05, 0) is 34.7 Å². The molecule has 14 heavy (non-hydrogen) atoms. The number of nitrogens with zero attached hydrogens (tertiary/aromatic N) is 2. The molecule has 0 radical (unpaired) electrons. The Kier molecular flexibility index (Phi) is 2.78. The Bertz CT molecular complexity index is 445. The molecule has 0 unspecified atom stereocenters. The van der Waals surface area contributed by atoms with Crippen LogP contribution in [0.1, 0.15) is 0 Å². The first-order valence-corrected chi connectivity index (χ1v) is 5.57. The van der Waals surface area contributed by atoms with E-state index in [2.05, 4.69) is 33.8 Å². The van der Waals surface area contributed by atoms with Gasteiger partial charge in [0.2, 0.25) is 0 Å². The first-order chi connectivity index (χ1) is 6.68. The van der Waals surface area contributed by atoms with E-state index in [1.54, 1.807) is 10.9 Å². The molecule has 0 bridgehead atoms. The van der Waals surface area contributed by atoms with Crippen LogP contribution in [0.5, 0.6) is 0 Å². The highest BCUT2D eigenvalue weighted by atomic mass is 127. The van der Waals surface area contributed by atoms with Gasteiger partial charge in [-0.15, -0.1) is 0 Å². The molecule has 0 N–H and O–H groups in total. The van der Waals surface area contributed by atoms with Crippen LogP contribution in [-0.2, 0) is 7.05 Å². The van der Waals surface area contributed by atoms with Crippen molar-refractivity contribution in [1.82, 2.24) is 9.78 Å². The molecule has 4 heteroatoms. The molecule has 2 aromatic rings. The van der Waals surface area contributed by atoms with Crippen LogP contribution in [0.2, 0.25) is 5.02 Å². The Balaban J connectivity index is 2.59. The van der Waals surface area contributed by atoms with Crippen LogP contribution >= 0.6 is 34.2 Å². The highest BCUT2D eigenvalue weighted by Gasteiger charge is 2.08. The topological polar surface area (TPSA) is 17.8 Å². The Hall–Kier alpha value is -0.550. The summed E-state index contributed by atoms with van der Waals surface area (Å²) in [5.74, 6) is 0. The van der Waals surface area contributed by atoms with Gasteiger partial charge in [-0.2, -0.15) is 5.10 Å². The smallest absolute Gasteiger partial charge is 0.0865 e. The zero-order chi connectivity index (χ0) is 10.1. The van der Waals surface area contributed by atoms with E-state index in [1.165, 1.54) is 3.57 Å². The maximum Gasteiger partial charge on any atom is 0.0865 e. The predicted octanol–water partition coefficient (Wildman–Crippen LogP) is 3.35. The number of hydrogen-bond acceptors (Lipinski definition) is 1. The fourth-order valence-corrected chi connectivity index (χ4v) is 2.19. The van der Waals surface area contributed by atoms with Crippen molar-refractivity contribution in [2.45, 2.75) is 0 Å². The molecule has 0 spiro atoms. The SMILES string of the molecule is Cn1ncc(Cl)c1-c1cccc(I)c1. The summed E-state index contributed by atoms with van der Waals surface area (Å²) in [6, 6.07) is 8.18. The third kappa shape index (κ3) is 1.79. The van der Waals surface area contributed by atoms with Crippen molar-refractivity contribution < 1.29 is 0 Å². The summed E-state index contributed by atoms with van der Waals surface area (Å²) >= 11 is 8.33. The van der Waals surface area contributed by atoms with E-state index >= 15 is 0 Å². The van der Waals surface area contributed by atoms with Crippen molar-refractivity contribution >= 4 is 34.2 Å². The molecule has 0 aliphatic rings. The molecule has 0 saturated carbocycles. The van der Waals surface area contributed by atoms with Crippen LogP contribution in [0, 0.1) is 3.57 Å². The average molecular weight is 319 g/mol. The maximum atomic E-state index is 6.05. The fourth-order valence-electron chi connectivity index (χ4n) is 1.37. The van der Waals surface area contributed by atoms with Crippen LogP contribution < -0.4 is 0 Å². The van der Waals surface area contributed by atoms with Gasteiger partial charge in [0, 0.05) is 16.2 Å². The third-order valence-electron chi connectivity index (χ3n) is 1.99. The van der Waals surface area contributed by atoms with E-state index in [0.717, 1.165) is 11.3 Å². The van der Waals surface area contributed by atoms with Crippen molar-refractivity contribution in [2.24, 2.45) is 7.05 Å². The zero-order valence-electron chi connectivity index (χ0n) is 7.54. The third-order valence-corrected chi connectivity index (χ3v) is 2.94. The van der Waals surface area contributed by atoms with E-state index in [4.69, 9.17) is 11.6 Å². The predicted molar refractivity (Wildman–Crippen MR) is 66.4 cm³/mol. The van der Waals surface area contributed by atoms with Gasteiger partial charge in [-0.3, -0.25) is 4.68 Å². The second-order valence-electron chi connectivity index (χ2n) is 2.98. The molecule has 0 amide bonds. The van der Waals surface area contributed by atoms with Crippen molar-refractivity contribution in [3.05, 3.63) is 39.1 Å². The molecule has 2 nitrogen and oxygen atoms in total. The highest BCUT2D eigenvalue weighted by molar-refractivity contribution is 14.1. The number of halogens is 2. The number of aryl methyl sites for hydroxylation is 1. The molecule has 0 saturated heterocycles. The van der Waals surface area contributed by atoms with E-state index in [9.17, 15) is 0 Å². The summed E-state index contributed by atoms with van der Waals surface area (Å²) in [6.45, 7) is 0. The lowest BCUT2D eigenvalue weighted by Crippen LogP contribution is -1.93. The van der Waals surface area contributed by atoms with Gasteiger partial charge in [-0.25, -0.2) is 0 Å². The van der Waals surface area contributed by atoms with Crippen LogP contribution in [0.4, 0.5) is 0 Å². The van der Waals surface area contributed by atoms with E-state index < -0.39 is 0 Å². The molecule has 0 aliphatic heterocycles. The standard InChI is InChI=1S/C10H8ClIN2/c1-14-10(9(11)6-13-14)7-3-2-4-8(12)5-7/h2-6H,1H3. The second kappa shape index (κ2) is 3.90. The first kappa shape index (κ1) is 9.98. The minimum absolute atomic E-state index is 0.689. The van der Waals surface area contributed by atoms with E-state index in [-0.39, 0.29) is 0 Å². The van der Waals surface area contributed by atoms with Crippen LogP contribution in [0.25, 0.3) is 11.3 Å². The molecule has 1 aromatic carbocycles. The molecule has 0 aliphatic carbocycles. The number of rotatable bonds is 1. The summed E-state index contributed by atoms with van der Waals surface area (Å²) in [7, 11) is 1.89. The van der Waals surface area contributed by atoms with Crippen molar-refractivity contribution in [3.63, 3.8) is 0 Å². The summed E-state index contributed by atoms with van der Waals surface area (Å²) in [4.78, 5) is 0. The molecule has 0 fully saturated rings. The number of hydrogen-bond donors (Lipinski definition) is 0. The Morgan fingerprint density at radius 1 is 1.43 bits per heavy atom. The van der Waals surface area contributed by atoms with Gasteiger partial charge in [0.15, 0.2) is 0 Å². The minimum Gasteiger partial charge on any atom is -0.266 e. The van der Waals surface area contributed by atoms with Crippen molar-refractivity contribution in [3.8, 4) is 11.3 Å². The van der Waals surface area contributed by atoms with Gasteiger partial charge in [0.1, 0.15) is 0 Å². The summed E-state index contributed by atoms with van der Waals surface area (Å²) < 4.78 is 2.98. The minimum atomic E-state index is 0.689. The van der Waals surface area contributed by atoms with Gasteiger partial charge in [0.05, 0.1) is 16.9 Å². The summed E-state index contributed by atoms with van der Waals surface area (Å²) in [6.07, 6.45) is 1.66. The zero-order valence-corrected chi connectivity index (χ0v) is 10.5. The molecular weight excluding hydrogens is 310 g/mol. The lowest BCUT2D eigenvalue weighted by Gasteiger charge is -2.03. The van der Waals surface area contributed by atoms with Gasteiger partial charge in [0.25, 0.3) is 0 Å². The Morgan fingerprint density at radius 2 is 2.21 bits per heavy atom. The van der Waals surface area contributed by atoms with Crippen molar-refractivity contribution in [1.29, 1.82) is 0 Å². The molecule has 1 aromatic heterocycles. The summed E-state index contributed by atoms with van der Waals surface area (Å²) in [5.41, 5.74) is 2.06. The Morgan fingerprint density at radius 3 is 2.79 bits per heavy atom. The second-order valence-corrected chi connectivity index (χ2v) is 4.63. The molecule has 1 heterocycles. The number of aromatic nitrogens is 2. The van der Waals surface area contributed by atoms with Gasteiger partial charge in [-0.1, -0.05) is 23.7 Å². The molecular formula is C10H8ClIN2. The lowest BCUT2D eigenvalue weighted by molar-refractivity contribution is 0.776. The first-order valence-electron chi connectivity index (χ1n) is 4.12. The normalized spacial score (nSPS) is 10.5. The summed E-state index contributed by atoms with van der Waals surface area (Å²) in [5, 5.41) is 4.79. The quantitative estimate of drug-likeness (QED) is 0.737.